The van der Waals surface area contributed by atoms with Crippen LogP contribution in [0, 0.1) is 0 Å². The van der Waals surface area contributed by atoms with Crippen molar-refractivity contribution in [1.29, 1.82) is 0 Å². The molecule has 0 amide bonds. The Labute approximate surface area is 122 Å². The molecule has 0 heterocycles. The molecule has 0 aromatic carbocycles. The molecule has 2 N–H and O–H groups in total. The van der Waals surface area contributed by atoms with E-state index in [2.05, 4.69) is 20.8 Å². The molecule has 0 bridgehead atoms. The molecule has 0 fully saturated rings. The first-order chi connectivity index (χ1) is 9.45. The van der Waals surface area contributed by atoms with E-state index in [1.165, 1.54) is 0 Å². The zero-order valence-electron chi connectivity index (χ0n) is 13.0. The van der Waals surface area contributed by atoms with Gasteiger partial charge in [0.25, 0.3) is 0 Å². The van der Waals surface area contributed by atoms with Crippen LogP contribution >= 0.6 is 6.89 Å². The lowest BCUT2D eigenvalue weighted by Crippen LogP contribution is -2.28. The average Bonchev–Trinajstić information content (AvgIpc) is 2.39. The van der Waals surface area contributed by atoms with Gasteiger partial charge in [-0.05, 0) is 37.7 Å². The van der Waals surface area contributed by atoms with Crippen molar-refractivity contribution in [2.24, 2.45) is 0 Å². The Kier molecular flexibility index (Phi) is 9.66. The maximum Gasteiger partial charge on any atom is 0.343 e. The summed E-state index contributed by atoms with van der Waals surface area (Å²) >= 11 is 0. The lowest BCUT2D eigenvalue weighted by molar-refractivity contribution is -0.134. The van der Waals surface area contributed by atoms with E-state index in [0.717, 1.165) is 57.0 Å². The first kappa shape index (κ1) is 19.2. The van der Waals surface area contributed by atoms with Crippen molar-refractivity contribution < 1.29 is 19.8 Å². The van der Waals surface area contributed by atoms with Crippen molar-refractivity contribution in [3.05, 3.63) is 0 Å². The summed E-state index contributed by atoms with van der Waals surface area (Å²) in [5.41, 5.74) is 0. The number of carboxylic acid groups (broad SMARTS) is 2. The molecule has 0 saturated heterocycles. The second-order valence-corrected chi connectivity index (χ2v) is 9.41. The van der Waals surface area contributed by atoms with E-state index in [-0.39, 0.29) is 5.29 Å². The zero-order valence-corrected chi connectivity index (χ0v) is 13.9. The van der Waals surface area contributed by atoms with Crippen LogP contribution in [-0.2, 0) is 9.59 Å². The molecule has 4 nitrogen and oxygen atoms in total. The van der Waals surface area contributed by atoms with Crippen LogP contribution in [0.5, 0.6) is 0 Å². The third-order valence-electron chi connectivity index (χ3n) is 3.70. The lowest BCUT2D eigenvalue weighted by atomic mass is 10.4. The van der Waals surface area contributed by atoms with E-state index in [0.29, 0.717) is 0 Å². The summed E-state index contributed by atoms with van der Waals surface area (Å²) < 4.78 is 0. The first-order valence-corrected chi connectivity index (χ1v) is 9.99. The Balaban J connectivity index is 5.80. The van der Waals surface area contributed by atoms with Gasteiger partial charge in [0.15, 0.2) is 0 Å². The molecule has 0 aromatic rings. The fourth-order valence-corrected chi connectivity index (χ4v) is 7.47. The quantitative estimate of drug-likeness (QED) is 0.450. The maximum absolute atomic E-state index is 11.5. The molecule has 118 valence electrons. The van der Waals surface area contributed by atoms with Crippen molar-refractivity contribution >= 4 is 24.1 Å². The summed E-state index contributed by atoms with van der Waals surface area (Å²) in [5, 5.41) is 18.6. The molecule has 0 unspecified atom stereocenters. The highest BCUT2D eigenvalue weighted by Gasteiger charge is 2.31. The fraction of sp³-hybridized carbons (Fsp3) is 0.800. The maximum atomic E-state index is 11.5. The molecule has 0 aromatic heterocycles. The molecule has 0 aliphatic carbocycles. The Morgan fingerprint density at radius 3 is 1.25 bits per heavy atom. The smallest absolute Gasteiger partial charge is 0.343 e. The van der Waals surface area contributed by atoms with E-state index in [9.17, 15) is 19.8 Å². The summed E-state index contributed by atoms with van der Waals surface area (Å²) in [6.45, 7) is 4.14. The van der Waals surface area contributed by atoms with Crippen LogP contribution in [0.1, 0.15) is 59.3 Å². The Bertz CT molecular complexity index is 330. The monoisotopic (exact) mass is 304 g/mol. The number of carboxylic acids is 2. The van der Waals surface area contributed by atoms with Crippen molar-refractivity contribution in [2.45, 2.75) is 59.3 Å². The molecule has 0 saturated carbocycles. The minimum atomic E-state index is -2.05. The van der Waals surface area contributed by atoms with E-state index in [1.54, 1.807) is 0 Å². The van der Waals surface area contributed by atoms with Gasteiger partial charge in [0.05, 0.1) is 0 Å². The Morgan fingerprint density at radius 2 is 1.05 bits per heavy atom. The van der Waals surface area contributed by atoms with Gasteiger partial charge in [-0.1, -0.05) is 46.9 Å². The van der Waals surface area contributed by atoms with Crippen LogP contribution in [0.15, 0.2) is 0 Å². The van der Waals surface area contributed by atoms with Crippen LogP contribution in [0.2, 0.25) is 0 Å². The lowest BCUT2D eigenvalue weighted by Gasteiger charge is -2.28. The molecule has 0 aliphatic rings. The molecule has 0 rings (SSSR count). The summed E-state index contributed by atoms with van der Waals surface area (Å²) in [7, 11) is 0. The summed E-state index contributed by atoms with van der Waals surface area (Å²) in [5.74, 6) is -2.43. The van der Waals surface area contributed by atoms with Gasteiger partial charge in [-0.25, -0.2) is 9.59 Å². The summed E-state index contributed by atoms with van der Waals surface area (Å²) in [6, 6.07) is 0. The number of hydrogen-bond acceptors (Lipinski definition) is 2. The predicted molar refractivity (Wildman–Crippen MR) is 86.5 cm³/mol. The minimum absolute atomic E-state index is 0.187. The number of aliphatic carboxylic acids is 2. The van der Waals surface area contributed by atoms with E-state index < -0.39 is 18.8 Å². The molecule has 0 radical (unpaired) electrons. The highest BCUT2D eigenvalue weighted by atomic mass is 31.2. The van der Waals surface area contributed by atoms with Crippen LogP contribution < -0.4 is 0 Å². The second-order valence-electron chi connectivity index (χ2n) is 5.34. The highest BCUT2D eigenvalue weighted by Crippen LogP contribution is 2.51. The van der Waals surface area contributed by atoms with Crippen LogP contribution in [-0.4, -0.2) is 45.9 Å². The highest BCUT2D eigenvalue weighted by molar-refractivity contribution is 7.79. The van der Waals surface area contributed by atoms with Crippen LogP contribution in [0.4, 0.5) is 0 Å². The van der Waals surface area contributed by atoms with E-state index >= 15 is 0 Å². The molecular weight excluding hydrogens is 275 g/mol. The van der Waals surface area contributed by atoms with Gasteiger partial charge in [0.2, 0.25) is 0 Å². The van der Waals surface area contributed by atoms with Crippen molar-refractivity contribution in [3.63, 3.8) is 0 Å². The van der Waals surface area contributed by atoms with Crippen LogP contribution in [0.25, 0.3) is 0 Å². The number of rotatable bonds is 11. The standard InChI is InChI=1S/C15H29O4P/c1-4-7-10-20(11-8-5-2,12-9-6-3)13(14(16)17)15(18)19/h4-12H2,1-3H3,(H,16,17)(H,18,19). The molecule has 0 aliphatic heterocycles. The van der Waals surface area contributed by atoms with Crippen molar-refractivity contribution in [2.75, 3.05) is 18.5 Å². The summed E-state index contributed by atoms with van der Waals surface area (Å²) in [6.07, 6.45) is 8.03. The molecule has 0 spiro atoms. The zero-order chi connectivity index (χ0) is 15.6. The third kappa shape index (κ3) is 5.70. The minimum Gasteiger partial charge on any atom is -0.477 e. The molecule has 5 heteroatoms. The van der Waals surface area contributed by atoms with E-state index in [1.807, 2.05) is 0 Å². The van der Waals surface area contributed by atoms with Crippen molar-refractivity contribution in [3.8, 4) is 0 Å². The third-order valence-corrected chi connectivity index (χ3v) is 8.55. The van der Waals surface area contributed by atoms with Gasteiger partial charge in [-0.15, -0.1) is 0 Å². The fourth-order valence-electron chi connectivity index (χ4n) is 2.55. The van der Waals surface area contributed by atoms with Gasteiger partial charge >= 0.3 is 11.9 Å². The number of hydrogen-bond donors (Lipinski definition) is 2. The second kappa shape index (κ2) is 10.0. The van der Waals surface area contributed by atoms with Gasteiger partial charge in [0, 0.05) is 0 Å². The predicted octanol–water partition coefficient (Wildman–Crippen LogP) is 3.75. The summed E-state index contributed by atoms with van der Waals surface area (Å²) in [4.78, 5) is 23.0. The van der Waals surface area contributed by atoms with Gasteiger partial charge in [-0.3, -0.25) is 0 Å². The first-order valence-electron chi connectivity index (χ1n) is 7.65. The van der Waals surface area contributed by atoms with E-state index in [4.69, 9.17) is 0 Å². The molecule has 20 heavy (non-hydrogen) atoms. The van der Waals surface area contributed by atoms with Crippen molar-refractivity contribution in [1.82, 2.24) is 0 Å². The number of unbranched alkanes of at least 4 members (excludes halogenated alkanes) is 3. The largest absolute Gasteiger partial charge is 0.477 e. The molecule has 0 atom stereocenters. The van der Waals surface area contributed by atoms with Gasteiger partial charge in [0.1, 0.15) is 5.29 Å². The Morgan fingerprint density at radius 1 is 0.750 bits per heavy atom. The normalized spacial score (nSPS) is 11.3. The van der Waals surface area contributed by atoms with Crippen LogP contribution in [0.3, 0.4) is 0 Å². The average molecular weight is 304 g/mol. The van der Waals surface area contributed by atoms with Gasteiger partial charge in [-0.2, -0.15) is 0 Å². The van der Waals surface area contributed by atoms with Gasteiger partial charge < -0.3 is 10.2 Å². The topological polar surface area (TPSA) is 74.6 Å². The Hall–Kier alpha value is -0.760. The molecular formula is C15H29O4P. The SMILES string of the molecule is CCCCP(CCCC)(CCCC)=C(C(=O)O)C(=O)O. The number of carbonyl (C=O) groups is 2.